The minimum atomic E-state index is 0.586. The number of hydrogen-bond acceptors (Lipinski definition) is 3. The van der Waals surface area contributed by atoms with Crippen LogP contribution in [0.15, 0.2) is 30.6 Å². The van der Waals surface area contributed by atoms with E-state index in [0.29, 0.717) is 5.92 Å². The lowest BCUT2D eigenvalue weighted by Crippen LogP contribution is -2.12. The summed E-state index contributed by atoms with van der Waals surface area (Å²) in [7, 11) is 1.69. The Balaban J connectivity index is 2.27. The molecule has 0 spiro atoms. The molecule has 102 valence electrons. The molecule has 2 rings (SSSR count). The number of anilines is 1. The second-order valence-electron chi connectivity index (χ2n) is 5.05. The van der Waals surface area contributed by atoms with Gasteiger partial charge in [-0.25, -0.2) is 4.98 Å². The monoisotopic (exact) mass is 259 g/mol. The molecule has 4 heteroatoms. The van der Waals surface area contributed by atoms with E-state index in [1.54, 1.807) is 7.11 Å². The number of nitrogens with zero attached hydrogens (tertiary/aromatic N) is 2. The Morgan fingerprint density at radius 2 is 2.16 bits per heavy atom. The summed E-state index contributed by atoms with van der Waals surface area (Å²) in [6.45, 7) is 7.31. The fraction of sp³-hybridized carbons (Fsp3) is 0.400. The average Bonchev–Trinajstić information content (AvgIpc) is 2.84. The molecular formula is C15H21N3O. The van der Waals surface area contributed by atoms with Gasteiger partial charge >= 0.3 is 0 Å². The molecule has 0 aliphatic heterocycles. The third-order valence-electron chi connectivity index (χ3n) is 2.97. The van der Waals surface area contributed by atoms with Gasteiger partial charge in [0.15, 0.2) is 0 Å². The molecule has 19 heavy (non-hydrogen) atoms. The van der Waals surface area contributed by atoms with Gasteiger partial charge in [-0.05, 0) is 36.6 Å². The first kappa shape index (κ1) is 13.5. The Kier molecular flexibility index (Phi) is 4.10. The van der Waals surface area contributed by atoms with Crippen molar-refractivity contribution in [1.82, 2.24) is 9.55 Å². The number of imidazole rings is 1. The molecule has 0 amide bonds. The number of hydrogen-bond donors (Lipinski definition) is 1. The maximum Gasteiger partial charge on any atom is 0.207 e. The van der Waals surface area contributed by atoms with E-state index in [1.807, 2.05) is 31.5 Å². The van der Waals surface area contributed by atoms with Gasteiger partial charge in [-0.3, -0.25) is 4.57 Å². The molecule has 1 N–H and O–H groups in total. The number of aromatic nitrogens is 2. The minimum absolute atomic E-state index is 0.586. The van der Waals surface area contributed by atoms with Crippen LogP contribution in [-0.2, 0) is 0 Å². The molecule has 0 aliphatic carbocycles. The van der Waals surface area contributed by atoms with Crippen LogP contribution in [0, 0.1) is 12.8 Å². The summed E-state index contributed by atoms with van der Waals surface area (Å²) in [5.41, 5.74) is 2.20. The van der Waals surface area contributed by atoms with E-state index >= 15 is 0 Å². The second-order valence-corrected chi connectivity index (χ2v) is 5.05. The van der Waals surface area contributed by atoms with E-state index in [0.717, 1.165) is 29.5 Å². The number of rotatable bonds is 5. The van der Waals surface area contributed by atoms with E-state index in [2.05, 4.69) is 34.8 Å². The van der Waals surface area contributed by atoms with Gasteiger partial charge in [0, 0.05) is 24.6 Å². The van der Waals surface area contributed by atoms with Gasteiger partial charge in [-0.15, -0.1) is 0 Å². The maximum absolute atomic E-state index is 5.29. The molecule has 4 nitrogen and oxygen atoms in total. The largest absolute Gasteiger partial charge is 0.496 e. The van der Waals surface area contributed by atoms with Crippen molar-refractivity contribution in [1.29, 1.82) is 0 Å². The topological polar surface area (TPSA) is 39.1 Å². The summed E-state index contributed by atoms with van der Waals surface area (Å²) in [5, 5.41) is 3.36. The van der Waals surface area contributed by atoms with Crippen molar-refractivity contribution in [2.45, 2.75) is 20.8 Å². The van der Waals surface area contributed by atoms with Crippen LogP contribution in [0.4, 0.5) is 5.95 Å². The normalized spacial score (nSPS) is 10.8. The number of methoxy groups -OCH3 is 1. The highest BCUT2D eigenvalue weighted by Crippen LogP contribution is 2.22. The highest BCUT2D eigenvalue weighted by molar-refractivity contribution is 5.47. The Morgan fingerprint density at radius 3 is 2.79 bits per heavy atom. The predicted molar refractivity (Wildman–Crippen MR) is 78.2 cm³/mol. The minimum Gasteiger partial charge on any atom is -0.496 e. The summed E-state index contributed by atoms with van der Waals surface area (Å²) in [6, 6.07) is 6.12. The van der Waals surface area contributed by atoms with Crippen LogP contribution in [0.3, 0.4) is 0 Å². The lowest BCUT2D eigenvalue weighted by atomic mass is 10.2. The Morgan fingerprint density at radius 1 is 1.37 bits per heavy atom. The number of nitrogens with one attached hydrogen (secondary N) is 1. The van der Waals surface area contributed by atoms with Crippen LogP contribution in [0.25, 0.3) is 5.69 Å². The van der Waals surface area contributed by atoms with Crippen LogP contribution in [0.5, 0.6) is 5.75 Å². The van der Waals surface area contributed by atoms with Gasteiger partial charge in [-0.2, -0.15) is 0 Å². The third kappa shape index (κ3) is 3.08. The highest BCUT2D eigenvalue weighted by Gasteiger charge is 2.07. The first-order valence-electron chi connectivity index (χ1n) is 6.54. The molecule has 0 unspecified atom stereocenters. The zero-order chi connectivity index (χ0) is 13.8. The average molecular weight is 259 g/mol. The number of ether oxygens (including phenoxy) is 1. The van der Waals surface area contributed by atoms with Crippen LogP contribution >= 0.6 is 0 Å². The number of aryl methyl sites for hydroxylation is 1. The van der Waals surface area contributed by atoms with Crippen molar-refractivity contribution in [2.24, 2.45) is 5.92 Å². The Labute approximate surface area is 114 Å². The second kappa shape index (κ2) is 5.78. The highest BCUT2D eigenvalue weighted by atomic mass is 16.5. The van der Waals surface area contributed by atoms with Gasteiger partial charge in [0.2, 0.25) is 5.95 Å². The van der Waals surface area contributed by atoms with Crippen molar-refractivity contribution in [3.05, 3.63) is 36.2 Å². The van der Waals surface area contributed by atoms with Gasteiger partial charge in [-0.1, -0.05) is 13.8 Å². The molecule has 1 aromatic heterocycles. The van der Waals surface area contributed by atoms with E-state index in [4.69, 9.17) is 4.74 Å². The van der Waals surface area contributed by atoms with Crippen LogP contribution < -0.4 is 10.1 Å². The summed E-state index contributed by atoms with van der Waals surface area (Å²) < 4.78 is 7.34. The molecular weight excluding hydrogens is 238 g/mol. The van der Waals surface area contributed by atoms with Crippen molar-refractivity contribution in [3.8, 4) is 11.4 Å². The molecule has 0 saturated heterocycles. The molecule has 0 atom stereocenters. The van der Waals surface area contributed by atoms with Crippen LogP contribution in [-0.4, -0.2) is 23.2 Å². The fourth-order valence-electron chi connectivity index (χ4n) is 1.95. The zero-order valence-corrected chi connectivity index (χ0v) is 12.0. The van der Waals surface area contributed by atoms with Gasteiger partial charge < -0.3 is 10.1 Å². The van der Waals surface area contributed by atoms with Crippen molar-refractivity contribution < 1.29 is 4.74 Å². The molecule has 0 bridgehead atoms. The molecule has 1 heterocycles. The van der Waals surface area contributed by atoms with E-state index in [9.17, 15) is 0 Å². The van der Waals surface area contributed by atoms with Gasteiger partial charge in [0.1, 0.15) is 5.75 Å². The van der Waals surface area contributed by atoms with Crippen LogP contribution in [0.2, 0.25) is 0 Å². The Bertz CT molecular complexity index is 546. The maximum atomic E-state index is 5.29. The zero-order valence-electron chi connectivity index (χ0n) is 12.0. The SMILES string of the molecule is COc1ccc(-n2ccnc2NCC(C)C)cc1C. The molecule has 1 aromatic carbocycles. The summed E-state index contributed by atoms with van der Waals surface area (Å²) in [4.78, 5) is 4.36. The molecule has 0 fully saturated rings. The van der Waals surface area contributed by atoms with Crippen molar-refractivity contribution in [3.63, 3.8) is 0 Å². The first-order valence-corrected chi connectivity index (χ1v) is 6.54. The summed E-state index contributed by atoms with van der Waals surface area (Å²) >= 11 is 0. The summed E-state index contributed by atoms with van der Waals surface area (Å²) in [5.74, 6) is 2.36. The lowest BCUT2D eigenvalue weighted by molar-refractivity contribution is 0.411. The quantitative estimate of drug-likeness (QED) is 0.895. The van der Waals surface area contributed by atoms with Gasteiger partial charge in [0.05, 0.1) is 7.11 Å². The van der Waals surface area contributed by atoms with Crippen molar-refractivity contribution >= 4 is 5.95 Å². The van der Waals surface area contributed by atoms with E-state index in [-0.39, 0.29) is 0 Å². The number of benzene rings is 1. The Hall–Kier alpha value is -1.97. The summed E-state index contributed by atoms with van der Waals surface area (Å²) in [6.07, 6.45) is 3.77. The third-order valence-corrected chi connectivity index (χ3v) is 2.97. The van der Waals surface area contributed by atoms with Gasteiger partial charge in [0.25, 0.3) is 0 Å². The van der Waals surface area contributed by atoms with Crippen molar-refractivity contribution in [2.75, 3.05) is 19.0 Å². The molecule has 0 radical (unpaired) electrons. The lowest BCUT2D eigenvalue weighted by Gasteiger charge is -2.13. The predicted octanol–water partition coefficient (Wildman–Crippen LogP) is 3.26. The molecule has 0 aliphatic rings. The first-order chi connectivity index (χ1) is 9.11. The smallest absolute Gasteiger partial charge is 0.207 e. The van der Waals surface area contributed by atoms with Crippen LogP contribution in [0.1, 0.15) is 19.4 Å². The standard InChI is InChI=1S/C15H21N3O/c1-11(2)10-17-15-16-7-8-18(15)13-5-6-14(19-4)12(3)9-13/h5-9,11H,10H2,1-4H3,(H,16,17). The molecule has 2 aromatic rings. The molecule has 0 saturated carbocycles. The van der Waals surface area contributed by atoms with E-state index < -0.39 is 0 Å². The van der Waals surface area contributed by atoms with E-state index in [1.165, 1.54) is 0 Å². The fourth-order valence-corrected chi connectivity index (χ4v) is 1.95.